The molecule has 1 saturated heterocycles. The molecule has 0 bridgehead atoms. The number of likely N-dealkylation sites (tertiary alicyclic amines) is 1. The van der Waals surface area contributed by atoms with Crippen LogP contribution in [-0.4, -0.2) is 24.0 Å². The van der Waals surface area contributed by atoms with E-state index < -0.39 is 0 Å². The van der Waals surface area contributed by atoms with Crippen LogP contribution in [0.1, 0.15) is 32.3 Å². The number of nitrogens with zero attached hydrogens (tertiary/aromatic N) is 1. The molecule has 1 aliphatic rings. The topological polar surface area (TPSA) is 3.24 Å². The maximum atomic E-state index is 2.59. The van der Waals surface area contributed by atoms with Crippen LogP contribution in [0.4, 0.5) is 0 Å². The van der Waals surface area contributed by atoms with Crippen molar-refractivity contribution in [2.24, 2.45) is 5.92 Å². The van der Waals surface area contributed by atoms with Gasteiger partial charge in [-0.15, -0.1) is 0 Å². The largest absolute Gasteiger partial charge is 0.300 e. The van der Waals surface area contributed by atoms with Gasteiger partial charge in [0.05, 0.1) is 0 Å². The predicted molar refractivity (Wildman–Crippen MR) is 65.1 cm³/mol. The van der Waals surface area contributed by atoms with Gasteiger partial charge in [-0.25, -0.2) is 0 Å². The highest BCUT2D eigenvalue weighted by atomic mass is 15.2. The summed E-state index contributed by atoms with van der Waals surface area (Å²) >= 11 is 0. The van der Waals surface area contributed by atoms with Crippen molar-refractivity contribution in [2.75, 3.05) is 13.1 Å². The van der Waals surface area contributed by atoms with Crippen LogP contribution in [0.2, 0.25) is 0 Å². The lowest BCUT2D eigenvalue weighted by Gasteiger charge is -2.20. The van der Waals surface area contributed by atoms with Crippen molar-refractivity contribution in [3.63, 3.8) is 0 Å². The van der Waals surface area contributed by atoms with Gasteiger partial charge in [0.1, 0.15) is 0 Å². The molecule has 1 aliphatic heterocycles. The van der Waals surface area contributed by atoms with E-state index in [2.05, 4.69) is 56.0 Å². The van der Waals surface area contributed by atoms with E-state index in [1.165, 1.54) is 18.7 Å². The van der Waals surface area contributed by atoms with Crippen LogP contribution in [-0.2, 0) is 0 Å². The molecule has 1 heterocycles. The first kappa shape index (κ1) is 10.7. The van der Waals surface area contributed by atoms with Crippen molar-refractivity contribution in [2.45, 2.75) is 32.7 Å². The number of hydrogen-bond acceptors (Lipinski definition) is 1. The van der Waals surface area contributed by atoms with Gasteiger partial charge in [-0.2, -0.15) is 0 Å². The van der Waals surface area contributed by atoms with Crippen molar-refractivity contribution in [3.8, 4) is 0 Å². The highest BCUT2D eigenvalue weighted by molar-refractivity contribution is 5.22. The second-order valence-corrected chi connectivity index (χ2v) is 5.04. The molecule has 0 radical (unpaired) electrons. The number of hydrogen-bond donors (Lipinski definition) is 0. The Morgan fingerprint density at radius 2 is 1.80 bits per heavy atom. The summed E-state index contributed by atoms with van der Waals surface area (Å²) in [6, 6.07) is 11.6. The zero-order valence-electron chi connectivity index (χ0n) is 9.98. The molecule has 1 heteroatoms. The van der Waals surface area contributed by atoms with Crippen molar-refractivity contribution >= 4 is 0 Å². The van der Waals surface area contributed by atoms with Crippen molar-refractivity contribution in [1.29, 1.82) is 0 Å². The Labute approximate surface area is 93.1 Å². The van der Waals surface area contributed by atoms with Crippen LogP contribution in [0.15, 0.2) is 30.3 Å². The highest BCUT2D eigenvalue weighted by Gasteiger charge is 2.31. The van der Waals surface area contributed by atoms with E-state index in [1.54, 1.807) is 0 Å². The van der Waals surface area contributed by atoms with Gasteiger partial charge in [0.15, 0.2) is 0 Å². The Bertz CT molecular complexity index is 304. The van der Waals surface area contributed by atoms with Gasteiger partial charge in [0.25, 0.3) is 0 Å². The molecule has 0 spiro atoms. The van der Waals surface area contributed by atoms with E-state index >= 15 is 0 Å². The molecule has 0 amide bonds. The van der Waals surface area contributed by atoms with Gasteiger partial charge >= 0.3 is 0 Å². The fourth-order valence-electron chi connectivity index (χ4n) is 2.56. The molecule has 15 heavy (non-hydrogen) atoms. The predicted octanol–water partition coefficient (Wildman–Crippen LogP) is 3.13. The number of benzene rings is 1. The quantitative estimate of drug-likeness (QED) is 0.714. The zero-order valence-corrected chi connectivity index (χ0v) is 9.98. The van der Waals surface area contributed by atoms with Crippen LogP contribution in [0.3, 0.4) is 0 Å². The molecule has 0 N–H and O–H groups in total. The first-order valence-electron chi connectivity index (χ1n) is 5.97. The SMILES string of the molecule is CC(C)N1C[C@H](c2ccccc2)[C@@H](C)C1. The van der Waals surface area contributed by atoms with Gasteiger partial charge in [-0.3, -0.25) is 0 Å². The van der Waals surface area contributed by atoms with E-state index in [0.717, 1.165) is 11.8 Å². The third-order valence-corrected chi connectivity index (χ3v) is 3.60. The highest BCUT2D eigenvalue weighted by Crippen LogP contribution is 2.32. The molecule has 0 unspecified atom stereocenters. The van der Waals surface area contributed by atoms with Gasteiger partial charge in [-0.1, -0.05) is 37.3 Å². The summed E-state index contributed by atoms with van der Waals surface area (Å²) in [6.45, 7) is 9.43. The first-order chi connectivity index (χ1) is 7.18. The average molecular weight is 203 g/mol. The van der Waals surface area contributed by atoms with Gasteiger partial charge < -0.3 is 4.90 Å². The molecule has 0 saturated carbocycles. The van der Waals surface area contributed by atoms with E-state index in [-0.39, 0.29) is 0 Å². The lowest BCUT2D eigenvalue weighted by atomic mass is 9.90. The van der Waals surface area contributed by atoms with Crippen molar-refractivity contribution < 1.29 is 0 Å². The van der Waals surface area contributed by atoms with E-state index in [4.69, 9.17) is 0 Å². The maximum Gasteiger partial charge on any atom is 0.00561 e. The second kappa shape index (κ2) is 4.36. The Morgan fingerprint density at radius 3 is 2.33 bits per heavy atom. The Balaban J connectivity index is 2.12. The Kier molecular flexibility index (Phi) is 3.11. The molecule has 1 fully saturated rings. The summed E-state index contributed by atoms with van der Waals surface area (Å²) in [4.78, 5) is 2.59. The van der Waals surface area contributed by atoms with Crippen LogP contribution in [0, 0.1) is 5.92 Å². The lowest BCUT2D eigenvalue weighted by Crippen LogP contribution is -2.28. The molecular weight excluding hydrogens is 182 g/mol. The Hall–Kier alpha value is -0.820. The van der Waals surface area contributed by atoms with Gasteiger partial charge in [0, 0.05) is 25.0 Å². The molecule has 1 aromatic carbocycles. The zero-order chi connectivity index (χ0) is 10.8. The summed E-state index contributed by atoms with van der Waals surface area (Å²) in [5.41, 5.74) is 1.51. The summed E-state index contributed by atoms with van der Waals surface area (Å²) < 4.78 is 0. The van der Waals surface area contributed by atoms with Crippen LogP contribution in [0.25, 0.3) is 0 Å². The maximum absolute atomic E-state index is 2.59. The standard InChI is InChI=1S/C14H21N/c1-11(2)15-9-12(3)14(10-15)13-7-5-4-6-8-13/h4-8,11-12,14H,9-10H2,1-3H3/t12-,14-/m0/s1. The van der Waals surface area contributed by atoms with E-state index in [9.17, 15) is 0 Å². The normalized spacial score (nSPS) is 27.5. The summed E-state index contributed by atoms with van der Waals surface area (Å²) in [6.07, 6.45) is 0. The molecule has 1 nitrogen and oxygen atoms in total. The third-order valence-electron chi connectivity index (χ3n) is 3.60. The van der Waals surface area contributed by atoms with Crippen LogP contribution >= 0.6 is 0 Å². The average Bonchev–Trinajstić information content (AvgIpc) is 2.62. The lowest BCUT2D eigenvalue weighted by molar-refractivity contribution is 0.266. The molecule has 2 atom stereocenters. The Morgan fingerprint density at radius 1 is 1.13 bits per heavy atom. The molecule has 2 rings (SSSR count). The fraction of sp³-hybridized carbons (Fsp3) is 0.571. The molecule has 0 aliphatic carbocycles. The first-order valence-corrected chi connectivity index (χ1v) is 5.97. The van der Waals surface area contributed by atoms with Crippen molar-refractivity contribution in [1.82, 2.24) is 4.90 Å². The van der Waals surface area contributed by atoms with Crippen LogP contribution in [0.5, 0.6) is 0 Å². The van der Waals surface area contributed by atoms with Gasteiger partial charge in [0.2, 0.25) is 0 Å². The second-order valence-electron chi connectivity index (χ2n) is 5.04. The monoisotopic (exact) mass is 203 g/mol. The summed E-state index contributed by atoms with van der Waals surface area (Å²) in [5, 5.41) is 0. The summed E-state index contributed by atoms with van der Waals surface area (Å²) in [5.74, 6) is 1.52. The molecular formula is C14H21N. The van der Waals surface area contributed by atoms with E-state index in [1.807, 2.05) is 0 Å². The van der Waals surface area contributed by atoms with Crippen LogP contribution < -0.4 is 0 Å². The summed E-state index contributed by atoms with van der Waals surface area (Å²) in [7, 11) is 0. The molecule has 0 aromatic heterocycles. The minimum Gasteiger partial charge on any atom is -0.300 e. The molecule has 1 aromatic rings. The van der Waals surface area contributed by atoms with Gasteiger partial charge in [-0.05, 0) is 25.3 Å². The minimum atomic E-state index is 0.682. The van der Waals surface area contributed by atoms with Crippen molar-refractivity contribution in [3.05, 3.63) is 35.9 Å². The smallest absolute Gasteiger partial charge is 0.00561 e. The third kappa shape index (κ3) is 2.23. The minimum absolute atomic E-state index is 0.682. The fourth-order valence-corrected chi connectivity index (χ4v) is 2.56. The molecule has 82 valence electrons. The van der Waals surface area contributed by atoms with E-state index in [0.29, 0.717) is 6.04 Å². The number of rotatable bonds is 2.